The van der Waals surface area contributed by atoms with Crippen LogP contribution >= 0.6 is 0 Å². The highest BCUT2D eigenvalue weighted by molar-refractivity contribution is 5.47. The molecule has 1 aliphatic rings. The van der Waals surface area contributed by atoms with Gasteiger partial charge in [0.2, 0.25) is 0 Å². The Bertz CT molecular complexity index is 387. The second-order valence-corrected chi connectivity index (χ2v) is 5.12. The third kappa shape index (κ3) is 3.22. The van der Waals surface area contributed by atoms with Crippen molar-refractivity contribution >= 4 is 5.69 Å². The molecule has 3 N–H and O–H groups in total. The van der Waals surface area contributed by atoms with E-state index in [0.717, 1.165) is 18.7 Å². The van der Waals surface area contributed by atoms with Gasteiger partial charge in [0.05, 0.1) is 18.3 Å². The fourth-order valence-corrected chi connectivity index (χ4v) is 2.59. The van der Waals surface area contributed by atoms with E-state index in [9.17, 15) is 5.11 Å². The zero-order chi connectivity index (χ0) is 13.1. The molecule has 4 nitrogen and oxygen atoms in total. The van der Waals surface area contributed by atoms with E-state index in [1.807, 2.05) is 24.3 Å². The Hall–Kier alpha value is -1.10. The molecule has 0 aliphatic carbocycles. The van der Waals surface area contributed by atoms with E-state index < -0.39 is 6.10 Å². The number of para-hydroxylation sites is 1. The smallest absolute Gasteiger partial charge is 0.0936 e. The van der Waals surface area contributed by atoms with Crippen LogP contribution < -0.4 is 5.73 Å². The zero-order valence-electron chi connectivity index (χ0n) is 11.0. The number of β-amino-alcohol motifs (C(OH)–C–C–N with tert-alkyl or cyclic N) is 1. The van der Waals surface area contributed by atoms with Crippen LogP contribution in [0.3, 0.4) is 0 Å². The number of hydrogen-bond acceptors (Lipinski definition) is 4. The SMILES string of the molecule is C[C@@H]1CN(CC(O)c2ccccc2N)C[C@H](C)O1. The number of rotatable bonds is 3. The summed E-state index contributed by atoms with van der Waals surface area (Å²) in [5.74, 6) is 0. The lowest BCUT2D eigenvalue weighted by Crippen LogP contribution is -2.46. The Morgan fingerprint density at radius 3 is 2.56 bits per heavy atom. The average Bonchev–Trinajstić information content (AvgIpc) is 2.27. The average molecular weight is 250 g/mol. The van der Waals surface area contributed by atoms with Gasteiger partial charge in [0, 0.05) is 30.9 Å². The van der Waals surface area contributed by atoms with E-state index in [4.69, 9.17) is 10.5 Å². The maximum atomic E-state index is 10.3. The summed E-state index contributed by atoms with van der Waals surface area (Å²) in [6, 6.07) is 7.49. The lowest BCUT2D eigenvalue weighted by Gasteiger charge is -2.36. The van der Waals surface area contributed by atoms with Crippen LogP contribution in [-0.2, 0) is 4.74 Å². The van der Waals surface area contributed by atoms with Gasteiger partial charge in [-0.3, -0.25) is 4.90 Å². The second-order valence-electron chi connectivity index (χ2n) is 5.12. The molecule has 4 heteroatoms. The Kier molecular flexibility index (Phi) is 4.22. The summed E-state index contributed by atoms with van der Waals surface area (Å²) in [6.07, 6.45) is -0.105. The van der Waals surface area contributed by atoms with Crippen molar-refractivity contribution in [2.24, 2.45) is 0 Å². The summed E-state index contributed by atoms with van der Waals surface area (Å²) in [5, 5.41) is 10.3. The molecule has 0 spiro atoms. The van der Waals surface area contributed by atoms with E-state index in [2.05, 4.69) is 18.7 Å². The molecule has 1 aliphatic heterocycles. The molecule has 18 heavy (non-hydrogen) atoms. The van der Waals surface area contributed by atoms with Gasteiger partial charge in [0.15, 0.2) is 0 Å². The van der Waals surface area contributed by atoms with Crippen molar-refractivity contribution in [1.82, 2.24) is 4.90 Å². The van der Waals surface area contributed by atoms with E-state index in [0.29, 0.717) is 12.2 Å². The number of aliphatic hydroxyl groups excluding tert-OH is 1. The molecule has 0 radical (unpaired) electrons. The number of aliphatic hydroxyl groups is 1. The number of ether oxygens (including phenoxy) is 1. The first-order valence-electron chi connectivity index (χ1n) is 6.46. The Morgan fingerprint density at radius 1 is 1.33 bits per heavy atom. The summed E-state index contributed by atoms with van der Waals surface area (Å²) in [4.78, 5) is 2.23. The van der Waals surface area contributed by atoms with Crippen LogP contribution in [0.5, 0.6) is 0 Å². The number of nitrogen functional groups attached to an aromatic ring is 1. The topological polar surface area (TPSA) is 58.7 Å². The molecule has 1 unspecified atom stereocenters. The summed E-state index contributed by atoms with van der Waals surface area (Å²) < 4.78 is 5.68. The minimum absolute atomic E-state index is 0.217. The third-order valence-corrected chi connectivity index (χ3v) is 3.28. The number of hydrogen-bond donors (Lipinski definition) is 2. The predicted octanol–water partition coefficient (Wildman–Crippen LogP) is 1.41. The minimum atomic E-state index is -0.538. The summed E-state index contributed by atoms with van der Waals surface area (Å²) in [5.41, 5.74) is 7.34. The predicted molar refractivity (Wildman–Crippen MR) is 72.3 cm³/mol. The quantitative estimate of drug-likeness (QED) is 0.796. The van der Waals surface area contributed by atoms with E-state index in [1.54, 1.807) is 0 Å². The van der Waals surface area contributed by atoms with Gasteiger partial charge in [-0.05, 0) is 19.9 Å². The van der Waals surface area contributed by atoms with Gasteiger partial charge >= 0.3 is 0 Å². The number of nitrogens with zero attached hydrogens (tertiary/aromatic N) is 1. The molecule has 0 aromatic heterocycles. The van der Waals surface area contributed by atoms with Crippen molar-refractivity contribution in [3.8, 4) is 0 Å². The molecule has 1 aromatic rings. The number of morpholine rings is 1. The zero-order valence-corrected chi connectivity index (χ0v) is 11.0. The molecule has 0 saturated carbocycles. The number of anilines is 1. The fourth-order valence-electron chi connectivity index (χ4n) is 2.59. The van der Waals surface area contributed by atoms with Crippen LogP contribution in [0, 0.1) is 0 Å². The highest BCUT2D eigenvalue weighted by Gasteiger charge is 2.24. The molecule has 2 rings (SSSR count). The molecule has 1 aromatic carbocycles. The van der Waals surface area contributed by atoms with Crippen LogP contribution in [0.25, 0.3) is 0 Å². The van der Waals surface area contributed by atoms with Crippen molar-refractivity contribution in [2.45, 2.75) is 32.2 Å². The number of benzene rings is 1. The highest BCUT2D eigenvalue weighted by atomic mass is 16.5. The van der Waals surface area contributed by atoms with Crippen LogP contribution in [-0.4, -0.2) is 41.8 Å². The van der Waals surface area contributed by atoms with E-state index in [-0.39, 0.29) is 12.2 Å². The third-order valence-electron chi connectivity index (χ3n) is 3.28. The molecule has 100 valence electrons. The molecule has 0 bridgehead atoms. The van der Waals surface area contributed by atoms with Crippen molar-refractivity contribution in [3.05, 3.63) is 29.8 Å². The monoisotopic (exact) mass is 250 g/mol. The lowest BCUT2D eigenvalue weighted by atomic mass is 10.1. The second kappa shape index (κ2) is 5.69. The van der Waals surface area contributed by atoms with Gasteiger partial charge in [-0.15, -0.1) is 0 Å². The maximum absolute atomic E-state index is 10.3. The minimum Gasteiger partial charge on any atom is -0.398 e. The molecule has 3 atom stereocenters. The van der Waals surface area contributed by atoms with Crippen LogP contribution in [0.2, 0.25) is 0 Å². The van der Waals surface area contributed by atoms with E-state index >= 15 is 0 Å². The molecule has 1 saturated heterocycles. The normalized spacial score (nSPS) is 27.1. The first-order chi connectivity index (χ1) is 8.56. The van der Waals surface area contributed by atoms with Gasteiger partial charge in [-0.1, -0.05) is 18.2 Å². The van der Waals surface area contributed by atoms with Crippen molar-refractivity contribution in [2.75, 3.05) is 25.4 Å². The van der Waals surface area contributed by atoms with Gasteiger partial charge in [0.1, 0.15) is 0 Å². The van der Waals surface area contributed by atoms with Crippen molar-refractivity contribution in [3.63, 3.8) is 0 Å². The van der Waals surface area contributed by atoms with Gasteiger partial charge in [-0.25, -0.2) is 0 Å². The summed E-state index contributed by atoms with van der Waals surface area (Å²) in [7, 11) is 0. The molecule has 0 amide bonds. The molecule has 1 fully saturated rings. The van der Waals surface area contributed by atoms with Crippen LogP contribution in [0.4, 0.5) is 5.69 Å². The summed E-state index contributed by atoms with van der Waals surface area (Å²) >= 11 is 0. The molecule has 1 heterocycles. The molecular formula is C14H22N2O2. The van der Waals surface area contributed by atoms with Crippen LogP contribution in [0.15, 0.2) is 24.3 Å². The maximum Gasteiger partial charge on any atom is 0.0936 e. The standard InChI is InChI=1S/C14H22N2O2/c1-10-7-16(8-11(2)18-10)9-14(17)12-5-3-4-6-13(12)15/h3-6,10-11,14,17H,7-9,15H2,1-2H3/t10-,11+,14?. The Labute approximate surface area is 108 Å². The van der Waals surface area contributed by atoms with Gasteiger partial charge in [0.25, 0.3) is 0 Å². The number of nitrogens with two attached hydrogens (primary N) is 1. The first-order valence-corrected chi connectivity index (χ1v) is 6.46. The fraction of sp³-hybridized carbons (Fsp3) is 0.571. The van der Waals surface area contributed by atoms with Crippen molar-refractivity contribution < 1.29 is 9.84 Å². The van der Waals surface area contributed by atoms with E-state index in [1.165, 1.54) is 0 Å². The van der Waals surface area contributed by atoms with Crippen LogP contribution in [0.1, 0.15) is 25.5 Å². The van der Waals surface area contributed by atoms with Crippen molar-refractivity contribution in [1.29, 1.82) is 0 Å². The largest absolute Gasteiger partial charge is 0.398 e. The first kappa shape index (κ1) is 13.3. The summed E-state index contributed by atoms with van der Waals surface area (Å²) in [6.45, 7) is 6.44. The highest BCUT2D eigenvalue weighted by Crippen LogP contribution is 2.22. The lowest BCUT2D eigenvalue weighted by molar-refractivity contribution is -0.0766. The van der Waals surface area contributed by atoms with Gasteiger partial charge < -0.3 is 15.6 Å². The Morgan fingerprint density at radius 2 is 1.94 bits per heavy atom. The van der Waals surface area contributed by atoms with Gasteiger partial charge in [-0.2, -0.15) is 0 Å². The molecular weight excluding hydrogens is 228 g/mol. The Balaban J connectivity index is 1.99.